The van der Waals surface area contributed by atoms with E-state index in [9.17, 15) is 0 Å². The average Bonchev–Trinajstić information content (AvgIpc) is 3.49. The molecule has 1 aromatic carbocycles. The van der Waals surface area contributed by atoms with Crippen molar-refractivity contribution in [1.29, 1.82) is 0 Å². The van der Waals surface area contributed by atoms with Gasteiger partial charge in [0.05, 0.1) is 12.3 Å². The van der Waals surface area contributed by atoms with Gasteiger partial charge in [0.25, 0.3) is 0 Å². The quantitative estimate of drug-likeness (QED) is 0.475. The first kappa shape index (κ1) is 18.8. The number of nitrogens with zero attached hydrogens (tertiary/aromatic N) is 3. The Kier molecular flexibility index (Phi) is 6.12. The molecule has 148 valence electrons. The largest absolute Gasteiger partial charge is 0.469 e. The lowest BCUT2D eigenvalue weighted by Crippen LogP contribution is -2.43. The zero-order valence-electron chi connectivity index (χ0n) is 16.6. The molecule has 1 aromatic heterocycles. The Morgan fingerprint density at radius 3 is 2.75 bits per heavy atom. The van der Waals surface area contributed by atoms with Crippen LogP contribution in [0.2, 0.25) is 0 Å². The van der Waals surface area contributed by atoms with Crippen LogP contribution < -0.4 is 5.32 Å². The van der Waals surface area contributed by atoms with E-state index in [4.69, 9.17) is 9.41 Å². The molecule has 0 bridgehead atoms. The zero-order chi connectivity index (χ0) is 19.2. The van der Waals surface area contributed by atoms with Gasteiger partial charge in [-0.2, -0.15) is 0 Å². The van der Waals surface area contributed by atoms with E-state index < -0.39 is 0 Å². The highest BCUT2D eigenvalue weighted by atomic mass is 16.3. The number of likely N-dealkylation sites (tertiary alicyclic amines) is 1. The molecule has 0 radical (unpaired) electrons. The highest BCUT2D eigenvalue weighted by molar-refractivity contribution is 5.80. The Hall–Kier alpha value is -2.53. The van der Waals surface area contributed by atoms with Gasteiger partial charge in [-0.05, 0) is 31.0 Å². The van der Waals surface area contributed by atoms with Crippen molar-refractivity contribution in [2.24, 2.45) is 4.99 Å². The molecule has 2 aliphatic heterocycles. The van der Waals surface area contributed by atoms with Crippen molar-refractivity contribution in [2.75, 3.05) is 32.7 Å². The van der Waals surface area contributed by atoms with Gasteiger partial charge in [-0.1, -0.05) is 42.5 Å². The Morgan fingerprint density at radius 1 is 1.18 bits per heavy atom. The Balaban J connectivity index is 1.43. The lowest BCUT2D eigenvalue weighted by Gasteiger charge is -2.27. The minimum absolute atomic E-state index is 0.219. The molecule has 5 heteroatoms. The number of nitrogens with one attached hydrogen (secondary N) is 1. The highest BCUT2D eigenvalue weighted by Gasteiger charge is 2.30. The number of rotatable bonds is 6. The molecule has 2 unspecified atom stereocenters. The van der Waals surface area contributed by atoms with Crippen molar-refractivity contribution in [2.45, 2.75) is 31.8 Å². The van der Waals surface area contributed by atoms with Crippen LogP contribution in [-0.2, 0) is 6.42 Å². The highest BCUT2D eigenvalue weighted by Crippen LogP contribution is 2.19. The summed E-state index contributed by atoms with van der Waals surface area (Å²) in [4.78, 5) is 9.92. The van der Waals surface area contributed by atoms with Crippen LogP contribution in [0.15, 0.2) is 70.3 Å². The van der Waals surface area contributed by atoms with Gasteiger partial charge in [-0.25, -0.2) is 0 Å². The number of aliphatic imine (C=N–C) groups is 1. The predicted octanol–water partition coefficient (Wildman–Crippen LogP) is 3.48. The summed E-state index contributed by atoms with van der Waals surface area (Å²) in [5, 5.41) is 3.68. The number of benzene rings is 1. The molecule has 1 saturated heterocycles. The van der Waals surface area contributed by atoms with Crippen LogP contribution in [0.4, 0.5) is 0 Å². The van der Waals surface area contributed by atoms with E-state index in [0.29, 0.717) is 6.04 Å². The minimum atomic E-state index is 0.219. The van der Waals surface area contributed by atoms with E-state index in [2.05, 4.69) is 64.5 Å². The van der Waals surface area contributed by atoms with E-state index in [1.807, 2.05) is 12.1 Å². The predicted molar refractivity (Wildman–Crippen MR) is 113 cm³/mol. The monoisotopic (exact) mass is 378 g/mol. The van der Waals surface area contributed by atoms with Gasteiger partial charge in [0.2, 0.25) is 0 Å². The summed E-state index contributed by atoms with van der Waals surface area (Å²) in [7, 11) is 0. The molecule has 3 heterocycles. The second-order valence-corrected chi connectivity index (χ2v) is 7.63. The number of hydrogen-bond acceptors (Lipinski definition) is 3. The van der Waals surface area contributed by atoms with Crippen LogP contribution >= 0.6 is 0 Å². The van der Waals surface area contributed by atoms with Gasteiger partial charge in [-0.15, -0.1) is 0 Å². The fourth-order valence-corrected chi connectivity index (χ4v) is 4.01. The van der Waals surface area contributed by atoms with Gasteiger partial charge >= 0.3 is 0 Å². The zero-order valence-corrected chi connectivity index (χ0v) is 16.6. The molecule has 2 atom stereocenters. The molecular formula is C23H30N4O. The minimum Gasteiger partial charge on any atom is -0.469 e. The van der Waals surface area contributed by atoms with Crippen molar-refractivity contribution < 1.29 is 4.42 Å². The van der Waals surface area contributed by atoms with Crippen LogP contribution in [0, 0.1) is 0 Å². The van der Waals surface area contributed by atoms with E-state index in [1.165, 1.54) is 12.0 Å². The first-order valence-corrected chi connectivity index (χ1v) is 10.3. The molecule has 5 nitrogen and oxygen atoms in total. The third-order valence-electron chi connectivity index (χ3n) is 5.67. The topological polar surface area (TPSA) is 44.0 Å². The lowest BCUT2D eigenvalue weighted by atomic mass is 10.1. The summed E-state index contributed by atoms with van der Waals surface area (Å²) >= 11 is 0. The Labute approximate surface area is 167 Å². The van der Waals surface area contributed by atoms with Gasteiger partial charge < -0.3 is 14.6 Å². The summed E-state index contributed by atoms with van der Waals surface area (Å²) in [5.41, 5.74) is 1.28. The molecule has 0 aliphatic carbocycles. The average molecular weight is 379 g/mol. The van der Waals surface area contributed by atoms with E-state index in [-0.39, 0.29) is 6.04 Å². The standard InChI is InChI=1S/C23H30N4O/c1-19(20-8-3-2-4-9-20)25-23(24-13-11-22-10-7-17-28-22)27-16-12-21(18-27)26-14-5-6-15-26/h2-10,17,19,21H,11-16,18H2,1H3,(H,24,25). The van der Waals surface area contributed by atoms with Crippen LogP contribution in [-0.4, -0.2) is 54.5 Å². The SMILES string of the molecule is CC(NC(=NCCc1ccco1)N1CCC(N2CC=CC2)C1)c1ccccc1. The molecule has 4 rings (SSSR count). The molecule has 0 amide bonds. The van der Waals surface area contributed by atoms with Crippen LogP contribution in [0.5, 0.6) is 0 Å². The first-order chi connectivity index (χ1) is 13.8. The molecule has 1 fully saturated rings. The maximum absolute atomic E-state index is 5.46. The fraction of sp³-hybridized carbons (Fsp3) is 0.435. The molecule has 0 spiro atoms. The smallest absolute Gasteiger partial charge is 0.194 e. The van der Waals surface area contributed by atoms with E-state index >= 15 is 0 Å². The molecule has 0 saturated carbocycles. The van der Waals surface area contributed by atoms with Crippen molar-refractivity contribution in [3.05, 3.63) is 72.2 Å². The Morgan fingerprint density at radius 2 is 2.00 bits per heavy atom. The number of hydrogen-bond donors (Lipinski definition) is 1. The number of guanidine groups is 1. The first-order valence-electron chi connectivity index (χ1n) is 10.3. The third-order valence-corrected chi connectivity index (χ3v) is 5.67. The van der Waals surface area contributed by atoms with Crippen molar-refractivity contribution in [3.8, 4) is 0 Å². The summed E-state index contributed by atoms with van der Waals surface area (Å²) in [6.07, 6.45) is 8.30. The van der Waals surface area contributed by atoms with Gasteiger partial charge in [0.1, 0.15) is 5.76 Å². The summed E-state index contributed by atoms with van der Waals surface area (Å²) in [6.45, 7) is 7.18. The van der Waals surface area contributed by atoms with Crippen molar-refractivity contribution >= 4 is 5.96 Å². The fourth-order valence-electron chi connectivity index (χ4n) is 4.01. The molecule has 28 heavy (non-hydrogen) atoms. The molecule has 1 N–H and O–H groups in total. The molecular weight excluding hydrogens is 348 g/mol. The Bertz CT molecular complexity index is 776. The summed E-state index contributed by atoms with van der Waals surface area (Å²) in [6, 6.07) is 15.4. The maximum Gasteiger partial charge on any atom is 0.194 e. The van der Waals surface area contributed by atoms with Gasteiger partial charge in [-0.3, -0.25) is 9.89 Å². The summed E-state index contributed by atoms with van der Waals surface area (Å²) in [5.74, 6) is 2.00. The third kappa shape index (κ3) is 4.65. The van der Waals surface area contributed by atoms with Crippen molar-refractivity contribution in [3.63, 3.8) is 0 Å². The second-order valence-electron chi connectivity index (χ2n) is 7.63. The van der Waals surface area contributed by atoms with E-state index in [0.717, 1.165) is 50.9 Å². The van der Waals surface area contributed by atoms with Crippen LogP contribution in [0.1, 0.15) is 30.7 Å². The second kappa shape index (κ2) is 9.11. The maximum atomic E-state index is 5.46. The van der Waals surface area contributed by atoms with Crippen molar-refractivity contribution in [1.82, 2.24) is 15.1 Å². The molecule has 2 aromatic rings. The molecule has 2 aliphatic rings. The lowest BCUT2D eigenvalue weighted by molar-refractivity contribution is 0.259. The van der Waals surface area contributed by atoms with Gasteiger partial charge in [0.15, 0.2) is 5.96 Å². The van der Waals surface area contributed by atoms with Crippen LogP contribution in [0.3, 0.4) is 0 Å². The summed E-state index contributed by atoms with van der Waals surface area (Å²) < 4.78 is 5.46. The van der Waals surface area contributed by atoms with Gasteiger partial charge in [0, 0.05) is 45.2 Å². The number of furan rings is 1. The van der Waals surface area contributed by atoms with E-state index in [1.54, 1.807) is 6.26 Å². The van der Waals surface area contributed by atoms with Crippen LogP contribution in [0.25, 0.3) is 0 Å². The normalized spacial score (nSPS) is 21.4.